The minimum absolute atomic E-state index is 0.0675. The van der Waals surface area contributed by atoms with Gasteiger partial charge in [-0.05, 0) is 106 Å². The van der Waals surface area contributed by atoms with Crippen LogP contribution in [0, 0.1) is 0 Å². The van der Waals surface area contributed by atoms with E-state index < -0.39 is 11.5 Å². The molecular formula is C40H20B6O2. The van der Waals surface area contributed by atoms with Crippen LogP contribution in [0.1, 0.15) is 0 Å². The van der Waals surface area contributed by atoms with Crippen molar-refractivity contribution in [1.29, 1.82) is 0 Å². The summed E-state index contributed by atoms with van der Waals surface area (Å²) in [5.41, 5.74) is 5.01. The van der Waals surface area contributed by atoms with E-state index in [4.69, 9.17) is 47.1 Å². The van der Waals surface area contributed by atoms with E-state index in [2.05, 4.69) is 30.3 Å². The normalized spacial score (nSPS) is 11.6. The highest BCUT2D eigenvalue weighted by Crippen LogP contribution is 2.44. The van der Waals surface area contributed by atoms with Gasteiger partial charge < -0.3 is 10.2 Å². The Hall–Kier alpha value is -5.21. The molecule has 8 rings (SSSR count). The van der Waals surface area contributed by atoms with Crippen molar-refractivity contribution >= 4 is 123 Å². The third kappa shape index (κ3) is 4.43. The summed E-state index contributed by atoms with van der Waals surface area (Å²) in [6.45, 7) is 0. The average Bonchev–Trinajstić information content (AvgIpc) is 3.12. The predicted octanol–water partition coefficient (Wildman–Crippen LogP) is 3.47. The number of rotatable bonds is 3. The van der Waals surface area contributed by atoms with E-state index in [1.165, 1.54) is 0 Å². The first-order chi connectivity index (χ1) is 23.2. The average molecular weight is 597 g/mol. The highest BCUT2D eigenvalue weighted by atomic mass is 16.3. The zero-order chi connectivity index (χ0) is 33.4. The van der Waals surface area contributed by atoms with Crippen molar-refractivity contribution in [3.05, 3.63) is 109 Å². The SMILES string of the molecule is [B]c1c([B])c([B])c2c(-c3ccc4ccccc4c3)c3c([B])c(O)c(O)c([B])c3c(-c3cccc(-c4ccc5ccccc5c4)c3)c2c1[B]. The van der Waals surface area contributed by atoms with Crippen LogP contribution in [0.4, 0.5) is 0 Å². The molecule has 0 aliphatic heterocycles. The third-order valence-corrected chi connectivity index (χ3v) is 9.45. The maximum atomic E-state index is 11.1. The topological polar surface area (TPSA) is 40.5 Å². The molecule has 0 heterocycles. The maximum Gasteiger partial charge on any atom is 0.150 e. The Bertz CT molecular complexity index is 2590. The first kappa shape index (κ1) is 30.1. The number of hydrogen-bond acceptors (Lipinski definition) is 2. The van der Waals surface area contributed by atoms with Gasteiger partial charge in [0.25, 0.3) is 0 Å². The van der Waals surface area contributed by atoms with Crippen LogP contribution in [-0.4, -0.2) is 57.3 Å². The lowest BCUT2D eigenvalue weighted by molar-refractivity contribution is 0.410. The molecule has 0 spiro atoms. The van der Waals surface area contributed by atoms with Gasteiger partial charge in [0.15, 0.2) is 0 Å². The number of hydrogen-bond donors (Lipinski definition) is 2. The lowest BCUT2D eigenvalue weighted by Gasteiger charge is -2.27. The molecular weight excluding hydrogens is 577 g/mol. The lowest BCUT2D eigenvalue weighted by Crippen LogP contribution is -2.48. The third-order valence-electron chi connectivity index (χ3n) is 9.45. The van der Waals surface area contributed by atoms with Gasteiger partial charge in [0.2, 0.25) is 0 Å². The van der Waals surface area contributed by atoms with Gasteiger partial charge >= 0.3 is 0 Å². The Balaban J connectivity index is 1.57. The Labute approximate surface area is 286 Å². The summed E-state index contributed by atoms with van der Waals surface area (Å²) in [6, 6.07) is 36.2. The second-order valence-corrected chi connectivity index (χ2v) is 12.1. The van der Waals surface area contributed by atoms with Crippen LogP contribution < -0.4 is 32.8 Å². The van der Waals surface area contributed by atoms with Gasteiger partial charge in [-0.15, -0.1) is 10.9 Å². The molecule has 8 heteroatoms. The summed E-state index contributed by atoms with van der Waals surface area (Å²) < 4.78 is 0. The van der Waals surface area contributed by atoms with Crippen molar-refractivity contribution in [3.8, 4) is 44.9 Å². The summed E-state index contributed by atoms with van der Waals surface area (Å²) in [6.07, 6.45) is 0. The maximum absolute atomic E-state index is 11.1. The van der Waals surface area contributed by atoms with Crippen LogP contribution in [0.15, 0.2) is 109 Å². The predicted molar refractivity (Wildman–Crippen MR) is 208 cm³/mol. The van der Waals surface area contributed by atoms with E-state index in [1.807, 2.05) is 78.9 Å². The summed E-state index contributed by atoms with van der Waals surface area (Å²) >= 11 is 0. The number of benzene rings is 8. The second kappa shape index (κ2) is 11.2. The Kier molecular flexibility index (Phi) is 7.03. The highest BCUT2D eigenvalue weighted by molar-refractivity contribution is 6.68. The van der Waals surface area contributed by atoms with Gasteiger partial charge in [0, 0.05) is 0 Å². The first-order valence-electron chi connectivity index (χ1n) is 15.4. The molecule has 8 aromatic carbocycles. The van der Waals surface area contributed by atoms with Crippen LogP contribution in [0.3, 0.4) is 0 Å². The van der Waals surface area contributed by atoms with E-state index in [9.17, 15) is 10.2 Å². The molecule has 0 fully saturated rings. The molecule has 0 bridgehead atoms. The monoisotopic (exact) mass is 598 g/mol. The van der Waals surface area contributed by atoms with Crippen LogP contribution in [-0.2, 0) is 0 Å². The fourth-order valence-electron chi connectivity index (χ4n) is 7.02. The van der Waals surface area contributed by atoms with Crippen molar-refractivity contribution < 1.29 is 10.2 Å². The van der Waals surface area contributed by atoms with Gasteiger partial charge in [-0.25, -0.2) is 0 Å². The molecule has 0 amide bonds. The summed E-state index contributed by atoms with van der Waals surface area (Å²) in [4.78, 5) is 0. The standard InChI is InChI=1S/C40H20B6O2/c41-33-29-27(25-11-5-10-23(18-25)24-14-12-19-6-1-3-8-21(19)16-24)31-32(36(44)40(48)39(47)35(31)43)28(30(29)34(42)38(46)37(33)45)26-15-13-20-7-2-4-9-22(20)17-26/h1-18,47-48H. The van der Waals surface area contributed by atoms with Gasteiger partial charge in [0.1, 0.15) is 58.6 Å². The molecule has 2 nitrogen and oxygen atoms in total. The minimum Gasteiger partial charge on any atom is -0.505 e. The lowest BCUT2D eigenvalue weighted by atomic mass is 9.61. The van der Waals surface area contributed by atoms with Crippen molar-refractivity contribution in [2.24, 2.45) is 0 Å². The zero-order valence-corrected chi connectivity index (χ0v) is 25.8. The molecule has 0 aliphatic rings. The largest absolute Gasteiger partial charge is 0.505 e. The minimum atomic E-state index is -0.536. The highest BCUT2D eigenvalue weighted by Gasteiger charge is 2.26. The van der Waals surface area contributed by atoms with Crippen molar-refractivity contribution in [2.75, 3.05) is 0 Å². The first-order valence-corrected chi connectivity index (χ1v) is 15.4. The Morgan fingerprint density at radius 3 is 1.21 bits per heavy atom. The molecule has 48 heavy (non-hydrogen) atoms. The van der Waals surface area contributed by atoms with Crippen LogP contribution >= 0.6 is 0 Å². The van der Waals surface area contributed by atoms with E-state index in [0.29, 0.717) is 38.2 Å². The zero-order valence-electron chi connectivity index (χ0n) is 25.8. The smallest absolute Gasteiger partial charge is 0.150 e. The van der Waals surface area contributed by atoms with Gasteiger partial charge in [-0.3, -0.25) is 0 Å². The summed E-state index contributed by atoms with van der Waals surface area (Å²) in [7, 11) is 40.2. The van der Waals surface area contributed by atoms with Crippen LogP contribution in [0.5, 0.6) is 11.5 Å². The molecule has 2 N–H and O–H groups in total. The van der Waals surface area contributed by atoms with Gasteiger partial charge in [-0.1, -0.05) is 102 Å². The van der Waals surface area contributed by atoms with Gasteiger partial charge in [-0.2, -0.15) is 0 Å². The van der Waals surface area contributed by atoms with Crippen molar-refractivity contribution in [1.82, 2.24) is 0 Å². The molecule has 0 aliphatic carbocycles. The number of fused-ring (bicyclic) bond motifs is 4. The number of phenols is 2. The van der Waals surface area contributed by atoms with Crippen molar-refractivity contribution in [3.63, 3.8) is 0 Å². The van der Waals surface area contributed by atoms with Crippen LogP contribution in [0.25, 0.3) is 76.5 Å². The Morgan fingerprint density at radius 2 is 0.688 bits per heavy atom. The molecule has 8 aromatic rings. The molecule has 0 unspecified atom stereocenters. The van der Waals surface area contributed by atoms with E-state index >= 15 is 0 Å². The fourth-order valence-corrected chi connectivity index (χ4v) is 7.02. The number of phenolic OH excluding ortho intramolecular Hbond substituents is 2. The fraction of sp³-hybridized carbons (Fsp3) is 0. The van der Waals surface area contributed by atoms with Crippen molar-refractivity contribution in [2.45, 2.75) is 0 Å². The van der Waals surface area contributed by atoms with E-state index in [1.54, 1.807) is 0 Å². The quantitative estimate of drug-likeness (QED) is 0.186. The molecule has 0 saturated carbocycles. The van der Waals surface area contributed by atoms with E-state index in [0.717, 1.165) is 38.2 Å². The molecule has 0 saturated heterocycles. The molecule has 0 atom stereocenters. The van der Waals surface area contributed by atoms with Gasteiger partial charge in [0.05, 0.1) is 0 Å². The molecule has 12 radical (unpaired) electrons. The molecule has 0 aromatic heterocycles. The van der Waals surface area contributed by atoms with Crippen LogP contribution in [0.2, 0.25) is 0 Å². The number of aromatic hydroxyl groups is 2. The summed E-state index contributed by atoms with van der Waals surface area (Å²) in [5, 5.41) is 28.3. The van der Waals surface area contributed by atoms with E-state index in [-0.39, 0.29) is 32.8 Å². The Morgan fingerprint density at radius 1 is 0.312 bits per heavy atom. The second-order valence-electron chi connectivity index (χ2n) is 12.1. The molecule has 210 valence electrons. The summed E-state index contributed by atoms with van der Waals surface area (Å²) in [5.74, 6) is -1.07.